The zero-order chi connectivity index (χ0) is 22.8. The van der Waals surface area contributed by atoms with Crippen molar-refractivity contribution in [3.63, 3.8) is 0 Å². The second-order valence-corrected chi connectivity index (χ2v) is 9.47. The molecule has 0 spiro atoms. The molecule has 1 atom stereocenters. The Balaban J connectivity index is 1.36. The molecule has 6 nitrogen and oxygen atoms in total. The molecule has 33 heavy (non-hydrogen) atoms. The van der Waals surface area contributed by atoms with Gasteiger partial charge in [0.05, 0.1) is 18.7 Å². The summed E-state index contributed by atoms with van der Waals surface area (Å²) in [5, 5.41) is 5.23. The van der Waals surface area contributed by atoms with Crippen LogP contribution >= 0.6 is 23.1 Å². The van der Waals surface area contributed by atoms with Gasteiger partial charge in [0, 0.05) is 16.2 Å². The van der Waals surface area contributed by atoms with Crippen molar-refractivity contribution in [3.05, 3.63) is 87.9 Å². The van der Waals surface area contributed by atoms with Crippen LogP contribution in [0.5, 0.6) is 0 Å². The molecule has 2 aliphatic rings. The summed E-state index contributed by atoms with van der Waals surface area (Å²) in [6, 6.07) is 17.0. The van der Waals surface area contributed by atoms with Gasteiger partial charge in [-0.2, -0.15) is 0 Å². The van der Waals surface area contributed by atoms with Crippen LogP contribution in [0.4, 0.5) is 10.1 Å². The Kier molecular flexibility index (Phi) is 6.06. The molecule has 0 saturated carbocycles. The Morgan fingerprint density at radius 1 is 1.12 bits per heavy atom. The van der Waals surface area contributed by atoms with Gasteiger partial charge in [-0.1, -0.05) is 48.2 Å². The van der Waals surface area contributed by atoms with E-state index in [1.165, 1.54) is 22.7 Å². The first-order chi connectivity index (χ1) is 16.1. The minimum absolute atomic E-state index is 0.0440. The van der Waals surface area contributed by atoms with Crippen LogP contribution in [-0.2, 0) is 21.9 Å². The van der Waals surface area contributed by atoms with Gasteiger partial charge in [-0.3, -0.25) is 14.6 Å². The number of carbonyl (C=O) groups excluding carboxylic acids is 2. The summed E-state index contributed by atoms with van der Waals surface area (Å²) in [4.78, 5) is 37.5. The van der Waals surface area contributed by atoms with Crippen molar-refractivity contribution >= 4 is 51.6 Å². The second-order valence-electron chi connectivity index (χ2n) is 7.49. The number of para-hydroxylation sites is 1. The number of halogens is 1. The number of rotatable bonds is 6. The lowest BCUT2D eigenvalue weighted by molar-refractivity contribution is -0.128. The number of hydrogen-bond acceptors (Lipinski definition) is 6. The number of nitrogens with one attached hydrogen (secondary N) is 1. The van der Waals surface area contributed by atoms with E-state index in [-0.39, 0.29) is 24.1 Å². The average Bonchev–Trinajstić information content (AvgIpc) is 3.46. The number of thioether (sulfide) groups is 1. The van der Waals surface area contributed by atoms with E-state index in [0.717, 1.165) is 10.4 Å². The van der Waals surface area contributed by atoms with Gasteiger partial charge in [-0.25, -0.2) is 14.3 Å². The minimum atomic E-state index is -0.825. The van der Waals surface area contributed by atoms with E-state index >= 15 is 0 Å². The first kappa shape index (κ1) is 21.5. The maximum Gasteiger partial charge on any atom is 0.259 e. The molecule has 5 rings (SSSR count). The Morgan fingerprint density at radius 2 is 1.94 bits per heavy atom. The standard InChI is InChI=1S/C24H19FN4O2S2/c25-18-9-3-1-6-15(18)14-33-24-28-19-10-4-2-8-17(19)22-27-20(23(31)29(22)24)12-21(30)26-13-16-7-5-11-32-16/h1-11,20H,12-14H2,(H,26,30)/t20-/m1/s1. The number of fused-ring (bicyclic) bond motifs is 3. The Labute approximate surface area is 198 Å². The van der Waals surface area contributed by atoms with Gasteiger partial charge in [0.2, 0.25) is 5.91 Å². The second kappa shape index (κ2) is 9.29. The molecule has 3 aromatic rings. The molecule has 0 saturated heterocycles. The van der Waals surface area contributed by atoms with Gasteiger partial charge >= 0.3 is 0 Å². The van der Waals surface area contributed by atoms with Crippen LogP contribution in [0.15, 0.2) is 76.0 Å². The molecule has 2 amide bonds. The number of amidine groups is 2. The third-order valence-corrected chi connectivity index (χ3v) is 7.14. The van der Waals surface area contributed by atoms with Crippen LogP contribution in [-0.4, -0.2) is 33.8 Å². The molecule has 0 bridgehead atoms. The number of nitrogens with zero attached hydrogens (tertiary/aromatic N) is 3. The van der Waals surface area contributed by atoms with Crippen molar-refractivity contribution in [3.8, 4) is 0 Å². The molecule has 0 radical (unpaired) electrons. The van der Waals surface area contributed by atoms with Gasteiger partial charge in [-0.05, 0) is 35.2 Å². The molecule has 2 aromatic carbocycles. The predicted octanol–water partition coefficient (Wildman–Crippen LogP) is 4.49. The number of hydrogen-bond donors (Lipinski definition) is 1. The molecule has 0 fully saturated rings. The third kappa shape index (κ3) is 4.46. The summed E-state index contributed by atoms with van der Waals surface area (Å²) < 4.78 is 14.1. The van der Waals surface area contributed by atoms with E-state index in [2.05, 4.69) is 15.3 Å². The molecular weight excluding hydrogens is 459 g/mol. The zero-order valence-corrected chi connectivity index (χ0v) is 19.0. The van der Waals surface area contributed by atoms with Gasteiger partial charge in [0.25, 0.3) is 5.91 Å². The minimum Gasteiger partial charge on any atom is -0.351 e. The summed E-state index contributed by atoms with van der Waals surface area (Å²) >= 11 is 2.83. The summed E-state index contributed by atoms with van der Waals surface area (Å²) in [6.45, 7) is 0.422. The van der Waals surface area contributed by atoms with E-state index in [1.54, 1.807) is 29.5 Å². The van der Waals surface area contributed by atoms with E-state index in [1.807, 2.05) is 41.8 Å². The summed E-state index contributed by atoms with van der Waals surface area (Å²) in [5.74, 6) is -0.0415. The third-order valence-electron chi connectivity index (χ3n) is 5.28. The first-order valence-corrected chi connectivity index (χ1v) is 12.2. The lowest BCUT2D eigenvalue weighted by Gasteiger charge is -2.25. The van der Waals surface area contributed by atoms with Crippen LogP contribution in [0, 0.1) is 5.82 Å². The van der Waals surface area contributed by atoms with Crippen LogP contribution in [0.3, 0.4) is 0 Å². The quantitative estimate of drug-likeness (QED) is 0.568. The highest BCUT2D eigenvalue weighted by molar-refractivity contribution is 8.13. The lowest BCUT2D eigenvalue weighted by atomic mass is 10.1. The van der Waals surface area contributed by atoms with Crippen molar-refractivity contribution in [2.24, 2.45) is 9.98 Å². The molecule has 0 aliphatic carbocycles. The fourth-order valence-corrected chi connectivity index (χ4v) is 5.27. The summed E-state index contributed by atoms with van der Waals surface area (Å²) in [5.41, 5.74) is 1.96. The number of amides is 2. The zero-order valence-electron chi connectivity index (χ0n) is 17.4. The Morgan fingerprint density at radius 3 is 2.76 bits per heavy atom. The fraction of sp³-hybridized carbons (Fsp3) is 0.167. The highest BCUT2D eigenvalue weighted by Gasteiger charge is 2.42. The lowest BCUT2D eigenvalue weighted by Crippen LogP contribution is -2.42. The van der Waals surface area contributed by atoms with E-state index in [9.17, 15) is 14.0 Å². The Bertz CT molecular complexity index is 1270. The SMILES string of the molecule is O=C(C[C@H]1N=C2c3ccccc3N=C(SCc3ccccc3F)N2C1=O)NCc1cccs1. The van der Waals surface area contributed by atoms with Crippen molar-refractivity contribution < 1.29 is 14.0 Å². The molecule has 1 N–H and O–H groups in total. The van der Waals surface area contributed by atoms with Crippen LogP contribution in [0.25, 0.3) is 0 Å². The average molecular weight is 479 g/mol. The van der Waals surface area contributed by atoms with Gasteiger partial charge in [0.15, 0.2) is 5.17 Å². The number of thiophene rings is 1. The van der Waals surface area contributed by atoms with Crippen molar-refractivity contribution in [2.45, 2.75) is 24.8 Å². The highest BCUT2D eigenvalue weighted by Crippen LogP contribution is 2.35. The topological polar surface area (TPSA) is 74.1 Å². The largest absolute Gasteiger partial charge is 0.351 e. The fourth-order valence-electron chi connectivity index (χ4n) is 3.64. The summed E-state index contributed by atoms with van der Waals surface area (Å²) in [6.07, 6.45) is -0.0440. The van der Waals surface area contributed by atoms with Crippen molar-refractivity contribution in [1.82, 2.24) is 10.2 Å². The maximum absolute atomic E-state index is 14.1. The maximum atomic E-state index is 14.1. The normalized spacial score (nSPS) is 16.7. The van der Waals surface area contributed by atoms with Gasteiger partial charge in [0.1, 0.15) is 17.7 Å². The van der Waals surface area contributed by atoms with Crippen LogP contribution in [0.1, 0.15) is 22.4 Å². The van der Waals surface area contributed by atoms with E-state index in [0.29, 0.717) is 34.6 Å². The first-order valence-electron chi connectivity index (χ1n) is 10.4. The summed E-state index contributed by atoms with van der Waals surface area (Å²) in [7, 11) is 0. The predicted molar refractivity (Wildman–Crippen MR) is 129 cm³/mol. The Hall–Kier alpha value is -3.30. The van der Waals surface area contributed by atoms with Crippen molar-refractivity contribution in [2.75, 3.05) is 0 Å². The monoisotopic (exact) mass is 478 g/mol. The van der Waals surface area contributed by atoms with Crippen molar-refractivity contribution in [1.29, 1.82) is 0 Å². The van der Waals surface area contributed by atoms with Crippen LogP contribution in [0.2, 0.25) is 0 Å². The number of carbonyl (C=O) groups is 2. The van der Waals surface area contributed by atoms with Gasteiger partial charge < -0.3 is 5.32 Å². The highest BCUT2D eigenvalue weighted by atomic mass is 32.2. The number of benzene rings is 2. The number of aliphatic imine (C=N–C) groups is 2. The molecule has 9 heteroatoms. The molecular formula is C24H19FN4O2S2. The molecule has 1 aromatic heterocycles. The van der Waals surface area contributed by atoms with E-state index < -0.39 is 6.04 Å². The molecule has 3 heterocycles. The van der Waals surface area contributed by atoms with Crippen LogP contribution < -0.4 is 5.32 Å². The van der Waals surface area contributed by atoms with Gasteiger partial charge in [-0.15, -0.1) is 11.3 Å². The molecule has 166 valence electrons. The molecule has 2 aliphatic heterocycles. The smallest absolute Gasteiger partial charge is 0.259 e. The molecule has 0 unspecified atom stereocenters. The van der Waals surface area contributed by atoms with E-state index in [4.69, 9.17) is 0 Å².